The highest BCUT2D eigenvalue weighted by molar-refractivity contribution is 5.97. The normalized spacial score (nSPS) is 19.5. The third kappa shape index (κ3) is 2.89. The van der Waals surface area contributed by atoms with Crippen molar-refractivity contribution in [1.29, 1.82) is 0 Å². The molecule has 1 unspecified atom stereocenters. The van der Waals surface area contributed by atoms with E-state index in [1.807, 2.05) is 13.0 Å². The minimum absolute atomic E-state index is 0.0983. The number of piperidine rings is 1. The number of aromatic hydroxyl groups is 1. The van der Waals surface area contributed by atoms with E-state index >= 15 is 0 Å². The van der Waals surface area contributed by atoms with E-state index in [9.17, 15) is 15.0 Å². The molecule has 1 aliphatic heterocycles. The Kier molecular flexibility index (Phi) is 4.43. The summed E-state index contributed by atoms with van der Waals surface area (Å²) in [5.41, 5.74) is 1.17. The quantitative estimate of drug-likeness (QED) is 0.874. The molecule has 19 heavy (non-hydrogen) atoms. The zero-order valence-corrected chi connectivity index (χ0v) is 11.3. The molecule has 1 aromatic rings. The summed E-state index contributed by atoms with van der Waals surface area (Å²) in [5.74, 6) is 0.126. The number of aliphatic hydroxyl groups is 1. The van der Waals surface area contributed by atoms with Crippen molar-refractivity contribution < 1.29 is 15.0 Å². The molecular weight excluding hydrogens is 242 g/mol. The number of hydrogen-bond acceptors (Lipinski definition) is 3. The van der Waals surface area contributed by atoms with Crippen LogP contribution in [-0.4, -0.2) is 40.7 Å². The SMILES string of the molecule is CCc1cccc(C(=O)N2CCCC(CO)C2)c1O. The molecule has 0 radical (unpaired) electrons. The van der Waals surface area contributed by atoms with Gasteiger partial charge in [-0.25, -0.2) is 0 Å². The Hall–Kier alpha value is -1.55. The van der Waals surface area contributed by atoms with Gasteiger partial charge in [-0.3, -0.25) is 4.79 Å². The second kappa shape index (κ2) is 6.06. The number of phenolic OH excluding ortho intramolecular Hbond substituents is 1. The molecule has 2 rings (SSSR count). The zero-order valence-electron chi connectivity index (χ0n) is 11.3. The molecule has 4 nitrogen and oxygen atoms in total. The van der Waals surface area contributed by atoms with Crippen LogP contribution in [-0.2, 0) is 6.42 Å². The third-order valence-electron chi connectivity index (χ3n) is 3.80. The monoisotopic (exact) mass is 263 g/mol. The van der Waals surface area contributed by atoms with Gasteiger partial charge in [-0.1, -0.05) is 19.1 Å². The summed E-state index contributed by atoms with van der Waals surface area (Å²) >= 11 is 0. The van der Waals surface area contributed by atoms with Gasteiger partial charge in [0.2, 0.25) is 0 Å². The van der Waals surface area contributed by atoms with Crippen molar-refractivity contribution >= 4 is 5.91 Å². The minimum Gasteiger partial charge on any atom is -0.507 e. The van der Waals surface area contributed by atoms with E-state index in [-0.39, 0.29) is 24.2 Å². The first kappa shape index (κ1) is 13.9. The third-order valence-corrected chi connectivity index (χ3v) is 3.80. The van der Waals surface area contributed by atoms with E-state index in [0.29, 0.717) is 25.1 Å². The van der Waals surface area contributed by atoms with E-state index in [1.54, 1.807) is 17.0 Å². The van der Waals surface area contributed by atoms with Crippen LogP contribution in [0.25, 0.3) is 0 Å². The topological polar surface area (TPSA) is 60.8 Å². The number of likely N-dealkylation sites (tertiary alicyclic amines) is 1. The largest absolute Gasteiger partial charge is 0.507 e. The van der Waals surface area contributed by atoms with Crippen LogP contribution in [0.1, 0.15) is 35.7 Å². The van der Waals surface area contributed by atoms with Crippen LogP contribution in [0.3, 0.4) is 0 Å². The Bertz CT molecular complexity index is 459. The molecule has 0 bridgehead atoms. The first-order valence-corrected chi connectivity index (χ1v) is 6.88. The van der Waals surface area contributed by atoms with E-state index < -0.39 is 0 Å². The van der Waals surface area contributed by atoms with Crippen molar-refractivity contribution in [3.63, 3.8) is 0 Å². The van der Waals surface area contributed by atoms with Gasteiger partial charge in [0.25, 0.3) is 5.91 Å². The van der Waals surface area contributed by atoms with Crippen LogP contribution < -0.4 is 0 Å². The van der Waals surface area contributed by atoms with Crippen molar-refractivity contribution in [2.24, 2.45) is 5.92 Å². The number of para-hydroxylation sites is 1. The number of phenols is 1. The van der Waals surface area contributed by atoms with Crippen molar-refractivity contribution in [3.05, 3.63) is 29.3 Å². The molecule has 1 heterocycles. The first-order valence-electron chi connectivity index (χ1n) is 6.88. The van der Waals surface area contributed by atoms with Gasteiger partial charge in [0, 0.05) is 19.7 Å². The van der Waals surface area contributed by atoms with Crippen molar-refractivity contribution in [1.82, 2.24) is 4.90 Å². The van der Waals surface area contributed by atoms with Crippen LogP contribution in [0.4, 0.5) is 0 Å². The summed E-state index contributed by atoms with van der Waals surface area (Å²) in [6.45, 7) is 3.34. The van der Waals surface area contributed by atoms with Crippen LogP contribution in [0.2, 0.25) is 0 Å². The van der Waals surface area contributed by atoms with Crippen LogP contribution in [0, 0.1) is 5.92 Å². The number of nitrogens with zero attached hydrogens (tertiary/aromatic N) is 1. The molecule has 0 aromatic heterocycles. The van der Waals surface area contributed by atoms with Gasteiger partial charge in [-0.2, -0.15) is 0 Å². The fraction of sp³-hybridized carbons (Fsp3) is 0.533. The lowest BCUT2D eigenvalue weighted by Crippen LogP contribution is -2.41. The highest BCUT2D eigenvalue weighted by Crippen LogP contribution is 2.26. The van der Waals surface area contributed by atoms with Gasteiger partial charge in [0.15, 0.2) is 0 Å². The van der Waals surface area contributed by atoms with Crippen molar-refractivity contribution in [2.45, 2.75) is 26.2 Å². The summed E-state index contributed by atoms with van der Waals surface area (Å²) in [7, 11) is 0. The standard InChI is InChI=1S/C15H21NO3/c1-2-12-6-3-7-13(14(12)18)15(19)16-8-4-5-11(9-16)10-17/h3,6-7,11,17-18H,2,4-5,8-10H2,1H3. The van der Waals surface area contributed by atoms with Crippen molar-refractivity contribution in [3.8, 4) is 5.75 Å². The fourth-order valence-electron chi connectivity index (χ4n) is 2.62. The number of benzene rings is 1. The van der Waals surface area contributed by atoms with Gasteiger partial charge in [-0.05, 0) is 36.8 Å². The molecular formula is C15H21NO3. The average molecular weight is 263 g/mol. The predicted octanol–water partition coefficient (Wildman–Crippen LogP) is 1.80. The molecule has 1 fully saturated rings. The lowest BCUT2D eigenvalue weighted by Gasteiger charge is -2.32. The Labute approximate surface area is 113 Å². The summed E-state index contributed by atoms with van der Waals surface area (Å²) in [5, 5.41) is 19.3. The lowest BCUT2D eigenvalue weighted by atomic mass is 9.97. The molecule has 1 saturated heterocycles. The molecule has 4 heteroatoms. The van der Waals surface area contributed by atoms with Crippen LogP contribution in [0.5, 0.6) is 5.75 Å². The molecule has 0 spiro atoms. The highest BCUT2D eigenvalue weighted by atomic mass is 16.3. The maximum Gasteiger partial charge on any atom is 0.257 e. The maximum atomic E-state index is 12.4. The number of amides is 1. The average Bonchev–Trinajstić information content (AvgIpc) is 2.47. The minimum atomic E-state index is -0.133. The van der Waals surface area contributed by atoms with Gasteiger partial charge in [0.1, 0.15) is 5.75 Å². The van der Waals surface area contributed by atoms with Gasteiger partial charge < -0.3 is 15.1 Å². The highest BCUT2D eigenvalue weighted by Gasteiger charge is 2.25. The predicted molar refractivity (Wildman–Crippen MR) is 73.2 cm³/mol. The Morgan fingerprint density at radius 3 is 2.95 bits per heavy atom. The van der Waals surface area contributed by atoms with E-state index in [0.717, 1.165) is 18.4 Å². The van der Waals surface area contributed by atoms with Crippen LogP contribution >= 0.6 is 0 Å². The number of hydrogen-bond donors (Lipinski definition) is 2. The Morgan fingerprint density at radius 2 is 2.26 bits per heavy atom. The molecule has 2 N–H and O–H groups in total. The van der Waals surface area contributed by atoms with Crippen molar-refractivity contribution in [2.75, 3.05) is 19.7 Å². The maximum absolute atomic E-state index is 12.4. The van der Waals surface area contributed by atoms with Crippen LogP contribution in [0.15, 0.2) is 18.2 Å². The lowest BCUT2D eigenvalue weighted by molar-refractivity contribution is 0.0617. The smallest absolute Gasteiger partial charge is 0.257 e. The molecule has 1 aliphatic rings. The number of aryl methyl sites for hydroxylation is 1. The van der Waals surface area contributed by atoms with E-state index in [2.05, 4.69) is 0 Å². The van der Waals surface area contributed by atoms with E-state index in [1.165, 1.54) is 0 Å². The van der Waals surface area contributed by atoms with E-state index in [4.69, 9.17) is 0 Å². The molecule has 1 amide bonds. The number of carbonyl (C=O) groups is 1. The Morgan fingerprint density at radius 1 is 1.47 bits per heavy atom. The van der Waals surface area contributed by atoms with Gasteiger partial charge in [-0.15, -0.1) is 0 Å². The molecule has 104 valence electrons. The number of carbonyl (C=O) groups excluding carboxylic acids is 1. The summed E-state index contributed by atoms with van der Waals surface area (Å²) in [6.07, 6.45) is 2.57. The molecule has 0 aliphatic carbocycles. The molecule has 1 aromatic carbocycles. The summed E-state index contributed by atoms with van der Waals surface area (Å²) in [4.78, 5) is 14.2. The fourth-order valence-corrected chi connectivity index (χ4v) is 2.62. The second-order valence-electron chi connectivity index (χ2n) is 5.11. The Balaban J connectivity index is 2.19. The van der Waals surface area contributed by atoms with Gasteiger partial charge in [0.05, 0.1) is 5.56 Å². The number of rotatable bonds is 3. The summed E-state index contributed by atoms with van der Waals surface area (Å²) in [6, 6.07) is 5.30. The first-order chi connectivity index (χ1) is 9.17. The number of aliphatic hydroxyl groups excluding tert-OH is 1. The molecule has 1 atom stereocenters. The zero-order chi connectivity index (χ0) is 13.8. The summed E-state index contributed by atoms with van der Waals surface area (Å²) < 4.78 is 0. The van der Waals surface area contributed by atoms with Gasteiger partial charge >= 0.3 is 0 Å². The second-order valence-corrected chi connectivity index (χ2v) is 5.11. The molecule has 0 saturated carbocycles.